The largest absolute Gasteiger partial charge is 0.356 e. The average molecular weight is 501 g/mol. The molecule has 0 heterocycles. The summed E-state index contributed by atoms with van der Waals surface area (Å²) in [6, 6.07) is 8.02. The lowest BCUT2D eigenvalue weighted by molar-refractivity contribution is 0.584. The molecule has 0 amide bonds. The topological polar surface area (TPSA) is 82.6 Å². The molecule has 0 radical (unpaired) electrons. The summed E-state index contributed by atoms with van der Waals surface area (Å²) in [5.41, 5.74) is 1.40. The molecule has 1 fully saturated rings. The number of aliphatic imine (C=N–C) groups is 1. The van der Waals surface area contributed by atoms with Gasteiger partial charge in [0, 0.05) is 37.1 Å². The number of guanidine groups is 1. The third kappa shape index (κ3) is 7.67. The van der Waals surface area contributed by atoms with E-state index >= 15 is 0 Å². The quantitative estimate of drug-likeness (QED) is 0.221. The summed E-state index contributed by atoms with van der Waals surface area (Å²) in [5.74, 6) is 0.725. The molecule has 1 aliphatic carbocycles. The van der Waals surface area contributed by atoms with Crippen LogP contribution in [0.1, 0.15) is 24.8 Å². The minimum absolute atomic E-state index is 0. The lowest BCUT2D eigenvalue weighted by Crippen LogP contribution is -2.42. The lowest BCUT2D eigenvalue weighted by atomic mass is 9.96. The highest BCUT2D eigenvalue weighted by Gasteiger charge is 2.44. The van der Waals surface area contributed by atoms with Crippen molar-refractivity contribution in [3.63, 3.8) is 0 Å². The lowest BCUT2D eigenvalue weighted by Gasteiger charge is -2.19. The number of hydrogen-bond acceptors (Lipinski definition) is 3. The molecule has 1 aromatic carbocycles. The van der Waals surface area contributed by atoms with Gasteiger partial charge < -0.3 is 10.6 Å². The highest BCUT2D eigenvalue weighted by atomic mass is 127. The third-order valence-corrected chi connectivity index (χ3v) is 5.08. The van der Waals surface area contributed by atoms with Crippen LogP contribution in [0.5, 0.6) is 0 Å². The molecule has 1 saturated carbocycles. The van der Waals surface area contributed by atoms with Crippen molar-refractivity contribution in [1.29, 1.82) is 0 Å². The number of nitrogens with zero attached hydrogens (tertiary/aromatic N) is 1. The number of rotatable bonds is 8. The third-order valence-electron chi connectivity index (χ3n) is 4.12. The molecule has 0 aromatic heterocycles. The Morgan fingerprint density at radius 1 is 1.28 bits per heavy atom. The van der Waals surface area contributed by atoms with Crippen molar-refractivity contribution in [3.05, 3.63) is 34.9 Å². The molecule has 0 saturated heterocycles. The second-order valence-electron chi connectivity index (χ2n) is 6.16. The Hall–Kier alpha value is -0.580. The smallest absolute Gasteiger partial charge is 0.208 e. The van der Waals surface area contributed by atoms with Gasteiger partial charge in [0.2, 0.25) is 10.0 Å². The van der Waals surface area contributed by atoms with E-state index < -0.39 is 10.0 Å². The van der Waals surface area contributed by atoms with Crippen molar-refractivity contribution in [2.45, 2.75) is 24.7 Å². The molecule has 0 atom stereocenters. The van der Waals surface area contributed by atoms with Crippen LogP contribution in [-0.4, -0.2) is 47.3 Å². The molecular weight excluding hydrogens is 475 g/mol. The maximum atomic E-state index is 11.0. The molecule has 2 rings (SSSR count). The average Bonchev–Trinajstić information content (AvgIpc) is 3.30. The van der Waals surface area contributed by atoms with Gasteiger partial charge in [-0.25, -0.2) is 13.1 Å². The van der Waals surface area contributed by atoms with Crippen molar-refractivity contribution >= 4 is 51.6 Å². The second kappa shape index (κ2) is 9.94. The van der Waals surface area contributed by atoms with Crippen LogP contribution >= 0.6 is 35.6 Å². The van der Waals surface area contributed by atoms with Crippen LogP contribution in [0.25, 0.3) is 0 Å². The molecule has 142 valence electrons. The van der Waals surface area contributed by atoms with E-state index in [9.17, 15) is 8.42 Å². The molecule has 6 nitrogen and oxygen atoms in total. The maximum Gasteiger partial charge on any atom is 0.208 e. The Labute approximate surface area is 172 Å². The zero-order valence-electron chi connectivity index (χ0n) is 14.5. The Balaban J connectivity index is 0.00000312. The van der Waals surface area contributed by atoms with Crippen molar-refractivity contribution < 1.29 is 8.42 Å². The number of benzene rings is 1. The minimum Gasteiger partial charge on any atom is -0.356 e. The van der Waals surface area contributed by atoms with E-state index in [0.717, 1.165) is 36.6 Å². The molecule has 0 aliphatic heterocycles. The number of sulfonamides is 1. The molecule has 3 N–H and O–H groups in total. The van der Waals surface area contributed by atoms with Crippen LogP contribution in [0.4, 0.5) is 0 Å². The first kappa shape index (κ1) is 22.5. The van der Waals surface area contributed by atoms with Gasteiger partial charge in [-0.3, -0.25) is 4.99 Å². The summed E-state index contributed by atoms with van der Waals surface area (Å²) in [7, 11) is -1.40. The van der Waals surface area contributed by atoms with Gasteiger partial charge in [0.05, 0.1) is 6.26 Å². The standard InChI is InChI=1S/C16H25ClN4O2S.HI/c1-18-15(19-9-4-10-21-24(2,22)23)20-12-16(7-8-16)13-5-3-6-14(17)11-13;/h3,5-6,11,21H,4,7-10,12H2,1-2H3,(H2,18,19,20);1H. The molecular formula is C16H26ClIN4O2S. The summed E-state index contributed by atoms with van der Waals surface area (Å²) in [4.78, 5) is 4.21. The van der Waals surface area contributed by atoms with Crippen molar-refractivity contribution in [2.24, 2.45) is 4.99 Å². The van der Waals surface area contributed by atoms with Crippen LogP contribution in [0.15, 0.2) is 29.3 Å². The molecule has 9 heteroatoms. The minimum atomic E-state index is -3.12. The van der Waals surface area contributed by atoms with Crippen LogP contribution in [0.3, 0.4) is 0 Å². The first-order valence-corrected chi connectivity index (χ1v) is 10.3. The predicted octanol–water partition coefficient (Wildman–Crippen LogP) is 2.09. The fourth-order valence-electron chi connectivity index (χ4n) is 2.56. The summed E-state index contributed by atoms with van der Waals surface area (Å²) in [6.45, 7) is 1.86. The molecule has 25 heavy (non-hydrogen) atoms. The number of hydrogen-bond donors (Lipinski definition) is 3. The fraction of sp³-hybridized carbons (Fsp3) is 0.562. The van der Waals surface area contributed by atoms with Gasteiger partial charge >= 0.3 is 0 Å². The summed E-state index contributed by atoms with van der Waals surface area (Å²) in [5, 5.41) is 7.31. The Kier molecular flexibility index (Phi) is 8.93. The Morgan fingerprint density at radius 3 is 2.56 bits per heavy atom. The molecule has 0 unspecified atom stereocenters. The number of halogens is 2. The van der Waals surface area contributed by atoms with Gasteiger partial charge in [-0.2, -0.15) is 0 Å². The highest BCUT2D eigenvalue weighted by Crippen LogP contribution is 2.48. The van der Waals surface area contributed by atoms with E-state index in [4.69, 9.17) is 11.6 Å². The Morgan fingerprint density at radius 2 is 2.00 bits per heavy atom. The predicted molar refractivity (Wildman–Crippen MR) is 115 cm³/mol. The summed E-state index contributed by atoms with van der Waals surface area (Å²) in [6.07, 6.45) is 4.12. The van der Waals surface area contributed by atoms with E-state index in [1.165, 1.54) is 5.56 Å². The van der Waals surface area contributed by atoms with Gasteiger partial charge in [0.25, 0.3) is 0 Å². The van der Waals surface area contributed by atoms with Crippen LogP contribution in [0.2, 0.25) is 5.02 Å². The summed E-state index contributed by atoms with van der Waals surface area (Å²) >= 11 is 6.09. The van der Waals surface area contributed by atoms with Gasteiger partial charge in [-0.05, 0) is 37.0 Å². The van der Waals surface area contributed by atoms with Crippen molar-refractivity contribution in [2.75, 3.05) is 32.9 Å². The Bertz CT molecular complexity index is 693. The summed E-state index contributed by atoms with van der Waals surface area (Å²) < 4.78 is 24.4. The normalized spacial score (nSPS) is 16.0. The maximum absolute atomic E-state index is 11.0. The SMILES string of the molecule is CN=C(NCCCNS(C)(=O)=O)NCC1(c2cccc(Cl)c2)CC1.I. The monoisotopic (exact) mass is 500 g/mol. The molecule has 0 spiro atoms. The first-order valence-electron chi connectivity index (χ1n) is 8.00. The van der Waals surface area contributed by atoms with E-state index in [2.05, 4.69) is 26.4 Å². The van der Waals surface area contributed by atoms with E-state index in [0.29, 0.717) is 19.5 Å². The molecule has 1 aliphatic rings. The second-order valence-corrected chi connectivity index (χ2v) is 8.43. The van der Waals surface area contributed by atoms with Crippen LogP contribution < -0.4 is 15.4 Å². The van der Waals surface area contributed by atoms with Gasteiger partial charge in [-0.15, -0.1) is 24.0 Å². The highest BCUT2D eigenvalue weighted by molar-refractivity contribution is 14.0. The van der Waals surface area contributed by atoms with Gasteiger partial charge in [0.1, 0.15) is 0 Å². The van der Waals surface area contributed by atoms with Crippen LogP contribution in [-0.2, 0) is 15.4 Å². The van der Waals surface area contributed by atoms with E-state index in [1.807, 2.05) is 18.2 Å². The zero-order valence-corrected chi connectivity index (χ0v) is 18.4. The molecule has 0 bridgehead atoms. The van der Waals surface area contributed by atoms with Crippen LogP contribution in [0, 0.1) is 0 Å². The molecule has 1 aromatic rings. The van der Waals surface area contributed by atoms with Gasteiger partial charge in [0.15, 0.2) is 5.96 Å². The zero-order chi connectivity index (χ0) is 17.6. The van der Waals surface area contributed by atoms with E-state index in [1.54, 1.807) is 7.05 Å². The number of nitrogens with one attached hydrogen (secondary N) is 3. The first-order chi connectivity index (χ1) is 11.3. The van der Waals surface area contributed by atoms with Crippen molar-refractivity contribution in [3.8, 4) is 0 Å². The van der Waals surface area contributed by atoms with E-state index in [-0.39, 0.29) is 29.4 Å². The van der Waals surface area contributed by atoms with Gasteiger partial charge in [-0.1, -0.05) is 23.7 Å². The van der Waals surface area contributed by atoms with Crippen molar-refractivity contribution in [1.82, 2.24) is 15.4 Å². The fourth-order valence-corrected chi connectivity index (χ4v) is 3.27.